The molecule has 0 aliphatic carbocycles. The largest absolute Gasteiger partial charge is 0.490 e. The molecule has 0 bridgehead atoms. The molecule has 0 aliphatic rings. The molecule has 2 unspecified atom stereocenters. The van der Waals surface area contributed by atoms with Crippen LogP contribution in [0.1, 0.15) is 85.5 Å². The van der Waals surface area contributed by atoms with E-state index in [0.29, 0.717) is 5.92 Å². The number of ether oxygens (including phenoxy) is 1. The lowest BCUT2D eigenvalue weighted by atomic mass is 9.80. The van der Waals surface area contributed by atoms with Gasteiger partial charge in [0.25, 0.3) is 0 Å². The second-order valence-corrected chi connectivity index (χ2v) is 7.83. The van der Waals surface area contributed by atoms with E-state index in [1.54, 1.807) is 0 Å². The topological polar surface area (TPSA) is 35.2 Å². The van der Waals surface area contributed by atoms with Crippen molar-refractivity contribution in [3.63, 3.8) is 0 Å². The highest BCUT2D eigenvalue weighted by Gasteiger charge is 2.31. The van der Waals surface area contributed by atoms with E-state index >= 15 is 0 Å². The molecule has 25 heavy (non-hydrogen) atoms. The van der Waals surface area contributed by atoms with E-state index in [-0.39, 0.29) is 28.6 Å². The summed E-state index contributed by atoms with van der Waals surface area (Å²) in [5, 5.41) is 0. The van der Waals surface area contributed by atoms with Crippen LogP contribution in [0.25, 0.3) is 0 Å². The maximum absolute atomic E-state index is 6.45. The first kappa shape index (κ1) is 24.5. The highest BCUT2D eigenvalue weighted by Crippen LogP contribution is 2.27. The van der Waals surface area contributed by atoms with Crippen molar-refractivity contribution in [1.82, 2.24) is 0 Å². The molecule has 0 saturated carbocycles. The fourth-order valence-electron chi connectivity index (χ4n) is 3.51. The van der Waals surface area contributed by atoms with Crippen LogP contribution in [-0.2, 0) is 0 Å². The Morgan fingerprint density at radius 2 is 1.44 bits per heavy atom. The fourth-order valence-corrected chi connectivity index (χ4v) is 3.51. The Morgan fingerprint density at radius 1 is 0.920 bits per heavy atom. The van der Waals surface area contributed by atoms with Crippen molar-refractivity contribution < 1.29 is 4.74 Å². The van der Waals surface area contributed by atoms with E-state index < -0.39 is 0 Å². The Hall–Kier alpha value is -0.540. The first-order chi connectivity index (χ1) is 11.4. The van der Waals surface area contributed by atoms with Crippen LogP contribution >= 0.6 is 17.0 Å². The Balaban J connectivity index is 0.00000576. The zero-order valence-corrected chi connectivity index (χ0v) is 18.5. The quantitative estimate of drug-likeness (QED) is 0.356. The summed E-state index contributed by atoms with van der Waals surface area (Å²) >= 11 is 0. The van der Waals surface area contributed by atoms with E-state index in [1.807, 2.05) is 30.3 Å². The molecular formula is C22H40BrNO. The molecule has 0 spiro atoms. The van der Waals surface area contributed by atoms with Gasteiger partial charge in [-0.2, -0.15) is 0 Å². The first-order valence-corrected chi connectivity index (χ1v) is 9.95. The Labute approximate surface area is 166 Å². The summed E-state index contributed by atoms with van der Waals surface area (Å²) in [4.78, 5) is 0. The van der Waals surface area contributed by atoms with Crippen LogP contribution in [0.3, 0.4) is 0 Å². The maximum Gasteiger partial charge on any atom is 0.119 e. The van der Waals surface area contributed by atoms with Gasteiger partial charge >= 0.3 is 0 Å². The molecule has 0 amide bonds. The van der Waals surface area contributed by atoms with Gasteiger partial charge in [-0.15, -0.1) is 17.0 Å². The zero-order chi connectivity index (χ0) is 17.8. The van der Waals surface area contributed by atoms with Crippen LogP contribution < -0.4 is 10.5 Å². The number of nitrogens with two attached hydrogens (primary N) is 1. The molecule has 1 aromatic rings. The first-order valence-electron chi connectivity index (χ1n) is 9.95. The maximum atomic E-state index is 6.45. The summed E-state index contributed by atoms with van der Waals surface area (Å²) < 4.78 is 6.15. The van der Waals surface area contributed by atoms with Crippen molar-refractivity contribution in [3.05, 3.63) is 30.3 Å². The molecule has 0 radical (unpaired) electrons. The second kappa shape index (κ2) is 13.6. The number of hydrogen-bond acceptors (Lipinski definition) is 2. The average Bonchev–Trinajstić information content (AvgIpc) is 2.53. The van der Waals surface area contributed by atoms with Crippen LogP contribution in [-0.4, -0.2) is 11.6 Å². The predicted molar refractivity (Wildman–Crippen MR) is 116 cm³/mol. The van der Waals surface area contributed by atoms with E-state index in [9.17, 15) is 0 Å². The van der Waals surface area contributed by atoms with Crippen molar-refractivity contribution in [2.24, 2.45) is 11.7 Å². The zero-order valence-electron chi connectivity index (χ0n) is 16.8. The summed E-state index contributed by atoms with van der Waals surface area (Å²) in [6.07, 6.45) is 12.1. The highest BCUT2D eigenvalue weighted by molar-refractivity contribution is 8.93. The SMILES string of the molecule is Br.CCCCCCCCCCC(C(C)Oc1ccccc1)C(C)(C)N. The molecule has 0 aliphatic heterocycles. The Kier molecular flexibility index (Phi) is 13.3. The number of benzene rings is 1. The van der Waals surface area contributed by atoms with Crippen molar-refractivity contribution >= 4 is 17.0 Å². The normalized spacial score (nSPS) is 13.8. The summed E-state index contributed by atoms with van der Waals surface area (Å²) in [5.74, 6) is 1.31. The molecule has 2 nitrogen and oxygen atoms in total. The van der Waals surface area contributed by atoms with Crippen molar-refractivity contribution in [2.45, 2.75) is 97.1 Å². The van der Waals surface area contributed by atoms with Crippen LogP contribution in [0, 0.1) is 5.92 Å². The summed E-state index contributed by atoms with van der Waals surface area (Å²) in [7, 11) is 0. The van der Waals surface area contributed by atoms with Crippen LogP contribution in [0.4, 0.5) is 0 Å². The van der Waals surface area contributed by atoms with Gasteiger partial charge in [0.05, 0.1) is 0 Å². The molecule has 2 atom stereocenters. The van der Waals surface area contributed by atoms with Gasteiger partial charge < -0.3 is 10.5 Å². The minimum atomic E-state index is -0.213. The third-order valence-corrected chi connectivity index (χ3v) is 4.96. The summed E-state index contributed by atoms with van der Waals surface area (Å²) in [5.41, 5.74) is 6.24. The van der Waals surface area contributed by atoms with E-state index in [1.165, 1.54) is 51.4 Å². The number of halogens is 1. The molecule has 1 aromatic carbocycles. The number of para-hydroxylation sites is 1. The monoisotopic (exact) mass is 413 g/mol. The smallest absolute Gasteiger partial charge is 0.119 e. The second-order valence-electron chi connectivity index (χ2n) is 7.83. The van der Waals surface area contributed by atoms with Gasteiger partial charge in [-0.25, -0.2) is 0 Å². The van der Waals surface area contributed by atoms with Gasteiger partial charge in [-0.3, -0.25) is 0 Å². The van der Waals surface area contributed by atoms with E-state index in [4.69, 9.17) is 10.5 Å². The summed E-state index contributed by atoms with van der Waals surface area (Å²) in [6, 6.07) is 10.1. The molecule has 3 heteroatoms. The van der Waals surface area contributed by atoms with Crippen LogP contribution in [0.5, 0.6) is 5.75 Å². The lowest BCUT2D eigenvalue weighted by molar-refractivity contribution is 0.0973. The standard InChI is InChI=1S/C22H39NO.BrH/c1-5-6-7-8-9-10-11-15-18-21(22(3,4)23)19(2)24-20-16-13-12-14-17-20;/h12-14,16-17,19,21H,5-11,15,18,23H2,1-4H3;1H. The predicted octanol–water partition coefficient (Wildman–Crippen LogP) is 6.92. The third kappa shape index (κ3) is 10.9. The number of unbranched alkanes of at least 4 members (excludes halogenated alkanes) is 7. The minimum Gasteiger partial charge on any atom is -0.490 e. The molecule has 0 heterocycles. The van der Waals surface area contributed by atoms with Crippen molar-refractivity contribution in [1.29, 1.82) is 0 Å². The van der Waals surface area contributed by atoms with Gasteiger partial charge in [0.2, 0.25) is 0 Å². The van der Waals surface area contributed by atoms with E-state index in [0.717, 1.165) is 12.2 Å². The lowest BCUT2D eigenvalue weighted by Gasteiger charge is -2.35. The van der Waals surface area contributed by atoms with Gasteiger partial charge in [0.1, 0.15) is 11.9 Å². The van der Waals surface area contributed by atoms with Crippen LogP contribution in [0.2, 0.25) is 0 Å². The Morgan fingerprint density at radius 3 is 1.96 bits per heavy atom. The molecule has 0 aromatic heterocycles. The number of hydrogen-bond donors (Lipinski definition) is 1. The van der Waals surface area contributed by atoms with E-state index in [2.05, 4.69) is 27.7 Å². The average molecular weight is 414 g/mol. The highest BCUT2D eigenvalue weighted by atomic mass is 79.9. The summed E-state index contributed by atoms with van der Waals surface area (Å²) in [6.45, 7) is 8.70. The van der Waals surface area contributed by atoms with Gasteiger partial charge in [0, 0.05) is 11.5 Å². The van der Waals surface area contributed by atoms with Gasteiger partial charge in [-0.05, 0) is 39.3 Å². The van der Waals surface area contributed by atoms with Gasteiger partial charge in [-0.1, -0.05) is 76.5 Å². The molecule has 1 rings (SSSR count). The van der Waals surface area contributed by atoms with Crippen molar-refractivity contribution in [2.75, 3.05) is 0 Å². The molecule has 146 valence electrons. The fraction of sp³-hybridized carbons (Fsp3) is 0.727. The lowest BCUT2D eigenvalue weighted by Crippen LogP contribution is -2.47. The van der Waals surface area contributed by atoms with Crippen molar-refractivity contribution in [3.8, 4) is 5.75 Å². The third-order valence-electron chi connectivity index (χ3n) is 4.96. The minimum absolute atomic E-state index is 0. The molecule has 2 N–H and O–H groups in total. The molecule has 0 saturated heterocycles. The van der Waals surface area contributed by atoms with Crippen LogP contribution in [0.15, 0.2) is 30.3 Å². The number of rotatable bonds is 13. The molecular weight excluding hydrogens is 374 g/mol. The molecule has 0 fully saturated rings. The Bertz CT molecular complexity index is 416. The van der Waals surface area contributed by atoms with Gasteiger partial charge in [0.15, 0.2) is 0 Å².